The first-order valence-corrected chi connectivity index (χ1v) is 7.79. The lowest BCUT2D eigenvalue weighted by Crippen LogP contribution is -2.61. The predicted molar refractivity (Wildman–Crippen MR) is 78.2 cm³/mol. The number of carboxylic acid groups (broad SMARTS) is 1. The lowest BCUT2D eigenvalue weighted by molar-refractivity contribution is -0.145. The molecular formula is C15H26N2O4. The molecule has 1 heterocycles. The number of ether oxygens (including phenoxy) is 1. The summed E-state index contributed by atoms with van der Waals surface area (Å²) in [6.45, 7) is 5.34. The fourth-order valence-electron chi connectivity index (χ4n) is 3.20. The molecule has 0 spiro atoms. The molecule has 120 valence electrons. The van der Waals surface area contributed by atoms with Gasteiger partial charge >= 0.3 is 12.0 Å². The van der Waals surface area contributed by atoms with Crippen molar-refractivity contribution in [2.75, 3.05) is 19.7 Å². The maximum atomic E-state index is 12.5. The number of carbonyl (C=O) groups excluding carboxylic acids is 1. The molecule has 6 nitrogen and oxygen atoms in total. The van der Waals surface area contributed by atoms with Gasteiger partial charge in [0.05, 0.1) is 18.8 Å². The highest BCUT2D eigenvalue weighted by molar-refractivity contribution is 5.86. The van der Waals surface area contributed by atoms with Crippen molar-refractivity contribution in [3.05, 3.63) is 0 Å². The fourth-order valence-corrected chi connectivity index (χ4v) is 3.20. The molecule has 0 atom stereocenters. The average Bonchev–Trinajstić information content (AvgIpc) is 2.64. The number of hydrogen-bond donors (Lipinski definition) is 2. The number of nitrogens with one attached hydrogen (secondary N) is 1. The fraction of sp³-hybridized carbons (Fsp3) is 0.867. The van der Waals surface area contributed by atoms with Gasteiger partial charge in [-0.15, -0.1) is 0 Å². The summed E-state index contributed by atoms with van der Waals surface area (Å²) in [5, 5.41) is 12.4. The van der Waals surface area contributed by atoms with Gasteiger partial charge in [-0.3, -0.25) is 0 Å². The van der Waals surface area contributed by atoms with Gasteiger partial charge in [0.2, 0.25) is 0 Å². The largest absolute Gasteiger partial charge is 0.480 e. The van der Waals surface area contributed by atoms with E-state index in [0.29, 0.717) is 32.5 Å². The number of carbonyl (C=O) groups is 2. The SMILES string of the molecule is CC1(C)CN(C(=O)NC2(C(=O)O)CCCCCC2)CCO1. The van der Waals surface area contributed by atoms with Crippen molar-refractivity contribution in [3.8, 4) is 0 Å². The van der Waals surface area contributed by atoms with Crippen LogP contribution in [0.4, 0.5) is 4.79 Å². The van der Waals surface area contributed by atoms with Crippen molar-refractivity contribution in [1.29, 1.82) is 0 Å². The van der Waals surface area contributed by atoms with E-state index in [1.807, 2.05) is 13.8 Å². The highest BCUT2D eigenvalue weighted by atomic mass is 16.5. The Hall–Kier alpha value is -1.30. The molecule has 2 fully saturated rings. The van der Waals surface area contributed by atoms with Gasteiger partial charge in [0.1, 0.15) is 5.54 Å². The van der Waals surface area contributed by atoms with Crippen molar-refractivity contribution in [3.63, 3.8) is 0 Å². The van der Waals surface area contributed by atoms with Crippen LogP contribution in [0, 0.1) is 0 Å². The maximum Gasteiger partial charge on any atom is 0.329 e. The van der Waals surface area contributed by atoms with Crippen molar-refractivity contribution in [1.82, 2.24) is 10.2 Å². The highest BCUT2D eigenvalue weighted by Gasteiger charge is 2.42. The third-order valence-corrected chi connectivity index (χ3v) is 4.43. The summed E-state index contributed by atoms with van der Waals surface area (Å²) in [4.78, 5) is 25.9. The number of hydrogen-bond acceptors (Lipinski definition) is 3. The first-order chi connectivity index (χ1) is 9.85. The zero-order chi connectivity index (χ0) is 15.5. The minimum absolute atomic E-state index is 0.282. The smallest absolute Gasteiger partial charge is 0.329 e. The van der Waals surface area contributed by atoms with Crippen LogP contribution < -0.4 is 5.32 Å². The monoisotopic (exact) mass is 298 g/mol. The quantitative estimate of drug-likeness (QED) is 0.764. The first-order valence-electron chi connectivity index (χ1n) is 7.79. The standard InChI is InChI=1S/C15H26N2O4/c1-14(2)11-17(9-10-21-14)13(20)16-15(12(18)19)7-5-3-4-6-8-15/h3-11H2,1-2H3,(H,16,20)(H,18,19). The van der Waals surface area contributed by atoms with Crippen LogP contribution in [0.1, 0.15) is 52.4 Å². The second kappa shape index (κ2) is 6.22. The zero-order valence-corrected chi connectivity index (χ0v) is 13.0. The van der Waals surface area contributed by atoms with Crippen LogP contribution in [0.2, 0.25) is 0 Å². The van der Waals surface area contributed by atoms with Crippen molar-refractivity contribution >= 4 is 12.0 Å². The molecule has 0 radical (unpaired) electrons. The van der Waals surface area contributed by atoms with E-state index < -0.39 is 11.5 Å². The number of morpholine rings is 1. The van der Waals surface area contributed by atoms with Gasteiger partial charge in [-0.2, -0.15) is 0 Å². The molecule has 1 saturated heterocycles. The van der Waals surface area contributed by atoms with Gasteiger partial charge in [-0.05, 0) is 26.7 Å². The molecule has 2 aliphatic rings. The number of amides is 2. The molecular weight excluding hydrogens is 272 g/mol. The molecule has 1 aliphatic heterocycles. The third-order valence-electron chi connectivity index (χ3n) is 4.43. The lowest BCUT2D eigenvalue weighted by Gasteiger charge is -2.40. The normalized spacial score (nSPS) is 25.0. The van der Waals surface area contributed by atoms with Crippen LogP contribution in [0.15, 0.2) is 0 Å². The summed E-state index contributed by atoms with van der Waals surface area (Å²) in [5.74, 6) is -0.912. The molecule has 2 N–H and O–H groups in total. The second-order valence-electron chi connectivity index (χ2n) is 6.76. The van der Waals surface area contributed by atoms with Gasteiger partial charge in [0, 0.05) is 6.54 Å². The number of nitrogens with zero attached hydrogens (tertiary/aromatic N) is 1. The van der Waals surface area contributed by atoms with E-state index in [4.69, 9.17) is 4.74 Å². The van der Waals surface area contributed by atoms with Gasteiger partial charge in [0.15, 0.2) is 0 Å². The zero-order valence-electron chi connectivity index (χ0n) is 13.0. The van der Waals surface area contributed by atoms with Gasteiger partial charge in [-0.25, -0.2) is 9.59 Å². The molecule has 0 unspecified atom stereocenters. The van der Waals surface area contributed by atoms with Crippen LogP contribution >= 0.6 is 0 Å². The van der Waals surface area contributed by atoms with Crippen LogP contribution in [0.25, 0.3) is 0 Å². The van der Waals surface area contributed by atoms with Crippen molar-refractivity contribution < 1.29 is 19.4 Å². The van der Waals surface area contributed by atoms with Gasteiger partial charge in [0.25, 0.3) is 0 Å². The molecule has 0 aromatic rings. The molecule has 21 heavy (non-hydrogen) atoms. The number of urea groups is 1. The van der Waals surface area contributed by atoms with E-state index in [-0.39, 0.29) is 11.6 Å². The van der Waals surface area contributed by atoms with Gasteiger partial charge in [-0.1, -0.05) is 25.7 Å². The Morgan fingerprint density at radius 2 is 1.76 bits per heavy atom. The predicted octanol–water partition coefficient (Wildman–Crippen LogP) is 1.98. The molecule has 6 heteroatoms. The topological polar surface area (TPSA) is 78.9 Å². The summed E-state index contributed by atoms with van der Waals surface area (Å²) in [7, 11) is 0. The molecule has 0 aromatic carbocycles. The molecule has 0 aromatic heterocycles. The number of aliphatic carboxylic acids is 1. The molecule has 0 bridgehead atoms. The van der Waals surface area contributed by atoms with Crippen molar-refractivity contribution in [2.45, 2.75) is 63.5 Å². The van der Waals surface area contributed by atoms with Crippen LogP contribution in [-0.2, 0) is 9.53 Å². The summed E-state index contributed by atoms with van der Waals surface area (Å²) >= 11 is 0. The highest BCUT2D eigenvalue weighted by Crippen LogP contribution is 2.28. The summed E-state index contributed by atoms with van der Waals surface area (Å²) in [6.07, 6.45) is 4.80. The number of rotatable bonds is 2. The van der Waals surface area contributed by atoms with Gasteiger partial charge < -0.3 is 20.1 Å². The Balaban J connectivity index is 2.06. The summed E-state index contributed by atoms with van der Waals surface area (Å²) in [5.41, 5.74) is -1.48. The first kappa shape index (κ1) is 16.1. The van der Waals surface area contributed by atoms with Crippen LogP contribution in [0.3, 0.4) is 0 Å². The Bertz CT molecular complexity index is 400. The summed E-state index contributed by atoms with van der Waals surface area (Å²) in [6, 6.07) is -0.282. The second-order valence-corrected chi connectivity index (χ2v) is 6.76. The van der Waals surface area contributed by atoms with E-state index >= 15 is 0 Å². The minimum Gasteiger partial charge on any atom is -0.480 e. The van der Waals surface area contributed by atoms with E-state index in [1.54, 1.807) is 4.90 Å². The molecule has 2 rings (SSSR count). The van der Waals surface area contributed by atoms with E-state index in [9.17, 15) is 14.7 Å². The maximum absolute atomic E-state index is 12.5. The van der Waals surface area contributed by atoms with E-state index in [0.717, 1.165) is 25.7 Å². The average molecular weight is 298 g/mol. The summed E-state index contributed by atoms with van der Waals surface area (Å²) < 4.78 is 5.59. The number of carboxylic acids is 1. The molecule has 1 aliphatic carbocycles. The Morgan fingerprint density at radius 3 is 2.29 bits per heavy atom. The minimum atomic E-state index is -1.10. The molecule has 2 amide bonds. The van der Waals surface area contributed by atoms with E-state index in [1.165, 1.54) is 0 Å². The Labute approximate surface area is 125 Å². The van der Waals surface area contributed by atoms with Crippen LogP contribution in [0.5, 0.6) is 0 Å². The Kier molecular flexibility index (Phi) is 4.76. The van der Waals surface area contributed by atoms with E-state index in [2.05, 4.69) is 5.32 Å². The van der Waals surface area contributed by atoms with Crippen LogP contribution in [-0.4, -0.2) is 52.8 Å². The lowest BCUT2D eigenvalue weighted by atomic mass is 9.90. The third kappa shape index (κ3) is 3.87. The van der Waals surface area contributed by atoms with Crippen molar-refractivity contribution in [2.24, 2.45) is 0 Å². The Morgan fingerprint density at radius 1 is 1.14 bits per heavy atom. The molecule has 1 saturated carbocycles.